The second kappa shape index (κ2) is 6.14. The Morgan fingerprint density at radius 3 is 2.79 bits per heavy atom. The minimum atomic E-state index is -0.197. The number of rotatable bonds is 4. The Morgan fingerprint density at radius 1 is 1.47 bits per heavy atom. The van der Waals surface area contributed by atoms with E-state index in [2.05, 4.69) is 26.1 Å². The van der Waals surface area contributed by atoms with E-state index in [4.69, 9.17) is 4.74 Å². The first kappa shape index (κ1) is 14.7. The van der Waals surface area contributed by atoms with Crippen molar-refractivity contribution in [1.29, 1.82) is 0 Å². The molecule has 0 bridgehead atoms. The van der Waals surface area contributed by atoms with Crippen LogP contribution >= 0.6 is 11.8 Å². The Balaban J connectivity index is 2.43. The Hall–Kier alpha value is -0.740. The SMILES string of the molecule is CCNC1c2ccc(OC)c(F)c2CSC1C(C)C. The molecule has 2 unspecified atom stereocenters. The van der Waals surface area contributed by atoms with Crippen LogP contribution in [0, 0.1) is 11.7 Å². The van der Waals surface area contributed by atoms with Crippen molar-refractivity contribution in [3.05, 3.63) is 29.1 Å². The molecule has 1 heterocycles. The minimum Gasteiger partial charge on any atom is -0.494 e. The van der Waals surface area contributed by atoms with Gasteiger partial charge in [0.1, 0.15) is 0 Å². The molecule has 2 atom stereocenters. The molecule has 0 radical (unpaired) electrons. The molecule has 0 saturated carbocycles. The number of methoxy groups -OCH3 is 1. The fourth-order valence-electron chi connectivity index (χ4n) is 2.69. The molecular formula is C15H22FNOS. The van der Waals surface area contributed by atoms with Gasteiger partial charge in [0, 0.05) is 22.6 Å². The number of halogens is 1. The van der Waals surface area contributed by atoms with Crippen LogP contribution in [0.4, 0.5) is 4.39 Å². The van der Waals surface area contributed by atoms with Crippen LogP contribution in [0.2, 0.25) is 0 Å². The van der Waals surface area contributed by atoms with E-state index in [0.717, 1.165) is 23.4 Å². The van der Waals surface area contributed by atoms with E-state index in [1.165, 1.54) is 7.11 Å². The van der Waals surface area contributed by atoms with Crippen LogP contribution in [-0.4, -0.2) is 18.9 Å². The Kier molecular flexibility index (Phi) is 4.74. The van der Waals surface area contributed by atoms with Crippen molar-refractivity contribution < 1.29 is 9.13 Å². The summed E-state index contributed by atoms with van der Waals surface area (Å²) in [4.78, 5) is 0. The van der Waals surface area contributed by atoms with E-state index in [1.54, 1.807) is 6.07 Å². The average Bonchev–Trinajstić information content (AvgIpc) is 2.39. The first-order chi connectivity index (χ1) is 9.10. The number of benzene rings is 1. The number of ether oxygens (including phenoxy) is 1. The van der Waals surface area contributed by atoms with Crippen LogP contribution in [0.3, 0.4) is 0 Å². The van der Waals surface area contributed by atoms with Gasteiger partial charge in [0.15, 0.2) is 11.6 Å². The lowest BCUT2D eigenvalue weighted by Gasteiger charge is -2.36. The Morgan fingerprint density at radius 2 is 2.21 bits per heavy atom. The molecule has 0 aromatic heterocycles. The molecule has 0 amide bonds. The number of thioether (sulfide) groups is 1. The van der Waals surface area contributed by atoms with E-state index in [-0.39, 0.29) is 11.9 Å². The molecule has 4 heteroatoms. The first-order valence-corrected chi connectivity index (χ1v) is 7.85. The van der Waals surface area contributed by atoms with Crippen LogP contribution in [0.5, 0.6) is 5.75 Å². The molecule has 0 spiro atoms. The fraction of sp³-hybridized carbons (Fsp3) is 0.600. The summed E-state index contributed by atoms with van der Waals surface area (Å²) in [5, 5.41) is 3.99. The molecule has 1 aliphatic heterocycles. The molecule has 0 saturated heterocycles. The monoisotopic (exact) mass is 283 g/mol. The lowest BCUT2D eigenvalue weighted by Crippen LogP contribution is -2.36. The summed E-state index contributed by atoms with van der Waals surface area (Å²) in [6.07, 6.45) is 0. The largest absolute Gasteiger partial charge is 0.494 e. The molecular weight excluding hydrogens is 261 g/mol. The van der Waals surface area contributed by atoms with E-state index in [0.29, 0.717) is 16.9 Å². The molecule has 1 aromatic rings. The highest BCUT2D eigenvalue weighted by Gasteiger charge is 2.33. The zero-order valence-corrected chi connectivity index (χ0v) is 12.8. The summed E-state index contributed by atoms with van der Waals surface area (Å²) >= 11 is 1.84. The summed E-state index contributed by atoms with van der Waals surface area (Å²) < 4.78 is 19.4. The van der Waals surface area contributed by atoms with Gasteiger partial charge in [-0.15, -0.1) is 0 Å². The number of hydrogen-bond acceptors (Lipinski definition) is 3. The highest BCUT2D eigenvalue weighted by Crippen LogP contribution is 2.43. The third kappa shape index (κ3) is 2.75. The van der Waals surface area contributed by atoms with Crippen LogP contribution in [0.1, 0.15) is 37.9 Å². The van der Waals surface area contributed by atoms with E-state index < -0.39 is 0 Å². The van der Waals surface area contributed by atoms with E-state index in [9.17, 15) is 4.39 Å². The molecule has 2 rings (SSSR count). The number of hydrogen-bond donors (Lipinski definition) is 1. The molecule has 0 aliphatic carbocycles. The maximum Gasteiger partial charge on any atom is 0.169 e. The lowest BCUT2D eigenvalue weighted by molar-refractivity contribution is 0.381. The standard InChI is InChI=1S/C15H22FNOS/c1-5-17-14-10-6-7-12(18-4)13(16)11(10)8-19-15(14)9(2)3/h6-7,9,14-15,17H,5,8H2,1-4H3. The maximum absolute atomic E-state index is 14.3. The average molecular weight is 283 g/mol. The van der Waals surface area contributed by atoms with Gasteiger partial charge < -0.3 is 10.1 Å². The highest BCUT2D eigenvalue weighted by atomic mass is 32.2. The minimum absolute atomic E-state index is 0.197. The van der Waals surface area contributed by atoms with Gasteiger partial charge in [-0.1, -0.05) is 26.8 Å². The predicted molar refractivity (Wildman–Crippen MR) is 79.3 cm³/mol. The van der Waals surface area contributed by atoms with Gasteiger partial charge in [-0.2, -0.15) is 11.8 Å². The summed E-state index contributed by atoms with van der Waals surface area (Å²) in [6.45, 7) is 7.44. The van der Waals surface area contributed by atoms with Crippen molar-refractivity contribution in [1.82, 2.24) is 5.32 Å². The molecule has 1 aromatic carbocycles. The van der Waals surface area contributed by atoms with E-state index in [1.807, 2.05) is 17.8 Å². The second-order valence-electron chi connectivity index (χ2n) is 5.20. The molecule has 0 fully saturated rings. The molecule has 1 aliphatic rings. The van der Waals surface area contributed by atoms with Crippen LogP contribution in [-0.2, 0) is 5.75 Å². The second-order valence-corrected chi connectivity index (χ2v) is 6.37. The first-order valence-electron chi connectivity index (χ1n) is 6.80. The van der Waals surface area contributed by atoms with E-state index >= 15 is 0 Å². The summed E-state index contributed by atoms with van der Waals surface area (Å²) in [5.74, 6) is 1.44. The fourth-order valence-corrected chi connectivity index (χ4v) is 4.16. The zero-order valence-electron chi connectivity index (χ0n) is 12.0. The van der Waals surface area contributed by atoms with Gasteiger partial charge in [-0.05, 0) is 24.1 Å². The molecule has 19 heavy (non-hydrogen) atoms. The normalized spacial score (nSPS) is 22.4. The van der Waals surface area contributed by atoms with Crippen LogP contribution in [0.15, 0.2) is 12.1 Å². The van der Waals surface area contributed by atoms with Gasteiger partial charge in [0.25, 0.3) is 0 Å². The number of nitrogens with one attached hydrogen (secondary N) is 1. The van der Waals surface area contributed by atoms with Gasteiger partial charge in [0.05, 0.1) is 7.11 Å². The highest BCUT2D eigenvalue weighted by molar-refractivity contribution is 7.99. The zero-order chi connectivity index (χ0) is 14.0. The van der Waals surface area contributed by atoms with Gasteiger partial charge >= 0.3 is 0 Å². The Labute approximate surface area is 119 Å². The molecule has 106 valence electrons. The Bertz CT molecular complexity index is 450. The molecule has 2 nitrogen and oxygen atoms in total. The lowest BCUT2D eigenvalue weighted by atomic mass is 9.92. The van der Waals surface area contributed by atoms with Crippen molar-refractivity contribution in [3.8, 4) is 5.75 Å². The topological polar surface area (TPSA) is 21.3 Å². The summed E-state index contributed by atoms with van der Waals surface area (Å²) in [6, 6.07) is 3.98. The summed E-state index contributed by atoms with van der Waals surface area (Å²) in [7, 11) is 1.51. The van der Waals surface area contributed by atoms with Gasteiger partial charge in [0.2, 0.25) is 0 Å². The van der Waals surface area contributed by atoms with Crippen molar-refractivity contribution >= 4 is 11.8 Å². The third-order valence-electron chi connectivity index (χ3n) is 3.63. The molecule has 1 N–H and O–H groups in total. The quantitative estimate of drug-likeness (QED) is 0.909. The maximum atomic E-state index is 14.3. The van der Waals surface area contributed by atoms with Gasteiger partial charge in [-0.25, -0.2) is 4.39 Å². The van der Waals surface area contributed by atoms with Gasteiger partial charge in [-0.3, -0.25) is 0 Å². The third-order valence-corrected chi connectivity index (χ3v) is 5.29. The van der Waals surface area contributed by atoms with Crippen molar-refractivity contribution in [3.63, 3.8) is 0 Å². The smallest absolute Gasteiger partial charge is 0.169 e. The number of fused-ring (bicyclic) bond motifs is 1. The summed E-state index contributed by atoms with van der Waals surface area (Å²) in [5.41, 5.74) is 1.89. The van der Waals surface area contributed by atoms with Crippen LogP contribution in [0.25, 0.3) is 0 Å². The van der Waals surface area contributed by atoms with Crippen molar-refractivity contribution in [2.45, 2.75) is 37.8 Å². The van der Waals surface area contributed by atoms with Crippen molar-refractivity contribution in [2.75, 3.05) is 13.7 Å². The predicted octanol–water partition coefficient (Wildman–Crippen LogP) is 3.76. The van der Waals surface area contributed by atoms with Crippen molar-refractivity contribution in [2.24, 2.45) is 5.92 Å². The van der Waals surface area contributed by atoms with Crippen LogP contribution < -0.4 is 10.1 Å².